The van der Waals surface area contributed by atoms with Crippen molar-refractivity contribution in [3.05, 3.63) is 59.2 Å². The van der Waals surface area contributed by atoms with Gasteiger partial charge in [0.25, 0.3) is 0 Å². The molecule has 2 saturated carbocycles. The van der Waals surface area contributed by atoms with E-state index >= 15 is 0 Å². The molecule has 4 heteroatoms. The molecule has 4 aliphatic rings. The lowest BCUT2D eigenvalue weighted by Crippen LogP contribution is -2.52. The number of hydrogen-bond acceptors (Lipinski definition) is 3. The predicted octanol–water partition coefficient (Wildman–Crippen LogP) is 9.09. The van der Waals surface area contributed by atoms with Crippen LogP contribution in [-0.4, -0.2) is 32.2 Å². The van der Waals surface area contributed by atoms with E-state index in [1.807, 2.05) is 18.2 Å². The lowest BCUT2D eigenvalue weighted by atomic mass is 9.47. The number of ether oxygens (including phenoxy) is 1. The van der Waals surface area contributed by atoms with Crippen molar-refractivity contribution in [2.75, 3.05) is 6.61 Å². The quantitative estimate of drug-likeness (QED) is 0.253. The monoisotopic (exact) mass is 564 g/mol. The standard InChI is InChI=1S/C36H56O3Si/c1-25(33(37)24-38-23-26-12-10-9-11-13-26)30-16-17-31-29-15-14-27-22-28(39-40(7,8)34(2,3)4)18-20-35(27,5)32(29)19-21-36(30,31)6/h9-14,16,25,28-29,31-33,37H,15,17-24H2,1-8H3/t25-,28-,29-,31-,32-,33+,35-,36+/m0/s1. The number of allylic oxidation sites excluding steroid dienone is 2. The second kappa shape index (κ2) is 11.1. The second-order valence-electron chi connectivity index (χ2n) is 15.7. The zero-order valence-electron chi connectivity index (χ0n) is 26.6. The van der Waals surface area contributed by atoms with Gasteiger partial charge >= 0.3 is 0 Å². The first kappa shape index (κ1) is 30.3. The van der Waals surface area contributed by atoms with E-state index in [0.29, 0.717) is 30.7 Å². The molecule has 1 aromatic carbocycles. The smallest absolute Gasteiger partial charge is 0.192 e. The van der Waals surface area contributed by atoms with E-state index in [-0.39, 0.29) is 16.4 Å². The van der Waals surface area contributed by atoms with Crippen LogP contribution in [0.25, 0.3) is 0 Å². The molecule has 1 N–H and O–H groups in total. The van der Waals surface area contributed by atoms with Gasteiger partial charge < -0.3 is 14.3 Å². The fraction of sp³-hybridized carbons (Fsp3) is 0.722. The molecule has 1 aromatic rings. The van der Waals surface area contributed by atoms with Crippen LogP contribution in [0, 0.1) is 34.5 Å². The molecule has 5 rings (SSSR count). The Morgan fingerprint density at radius 2 is 1.68 bits per heavy atom. The van der Waals surface area contributed by atoms with Crippen LogP contribution in [-0.2, 0) is 15.8 Å². The maximum Gasteiger partial charge on any atom is 0.192 e. The summed E-state index contributed by atoms with van der Waals surface area (Å²) in [7, 11) is -1.75. The molecule has 0 spiro atoms. The lowest BCUT2D eigenvalue weighted by molar-refractivity contribution is -0.0374. The van der Waals surface area contributed by atoms with Crippen molar-refractivity contribution < 1.29 is 14.3 Å². The highest BCUT2D eigenvalue weighted by atomic mass is 28.4. The summed E-state index contributed by atoms with van der Waals surface area (Å²) >= 11 is 0. The van der Waals surface area contributed by atoms with E-state index in [1.165, 1.54) is 44.1 Å². The second-order valence-corrected chi connectivity index (χ2v) is 20.5. The van der Waals surface area contributed by atoms with Gasteiger partial charge in [-0.2, -0.15) is 0 Å². The van der Waals surface area contributed by atoms with Gasteiger partial charge in [0.05, 0.1) is 19.3 Å². The van der Waals surface area contributed by atoms with Gasteiger partial charge in [-0.3, -0.25) is 0 Å². The van der Waals surface area contributed by atoms with Crippen molar-refractivity contribution in [2.24, 2.45) is 34.5 Å². The molecule has 3 nitrogen and oxygen atoms in total. The van der Waals surface area contributed by atoms with Crippen LogP contribution >= 0.6 is 0 Å². The summed E-state index contributed by atoms with van der Waals surface area (Å²) in [4.78, 5) is 0. The van der Waals surface area contributed by atoms with E-state index in [2.05, 4.69) is 78.9 Å². The third-order valence-corrected chi connectivity index (χ3v) is 17.0. The lowest BCUT2D eigenvalue weighted by Gasteiger charge is -2.58. The third-order valence-electron chi connectivity index (χ3n) is 12.4. The predicted molar refractivity (Wildman–Crippen MR) is 169 cm³/mol. The number of hydrogen-bond donors (Lipinski definition) is 1. The Labute approximate surface area is 246 Å². The van der Waals surface area contributed by atoms with Crippen molar-refractivity contribution in [1.82, 2.24) is 0 Å². The van der Waals surface area contributed by atoms with Crippen LogP contribution < -0.4 is 0 Å². The number of benzene rings is 1. The summed E-state index contributed by atoms with van der Waals surface area (Å²) in [5, 5.41) is 11.4. The van der Waals surface area contributed by atoms with Gasteiger partial charge in [0.15, 0.2) is 8.32 Å². The Morgan fingerprint density at radius 3 is 2.38 bits per heavy atom. The van der Waals surface area contributed by atoms with E-state index in [4.69, 9.17) is 9.16 Å². The highest BCUT2D eigenvalue weighted by Crippen LogP contribution is 2.66. The van der Waals surface area contributed by atoms with Crippen LogP contribution in [0.5, 0.6) is 0 Å². The summed E-state index contributed by atoms with van der Waals surface area (Å²) in [5.41, 5.74) is 4.89. The van der Waals surface area contributed by atoms with Gasteiger partial charge in [-0.15, -0.1) is 0 Å². The first-order chi connectivity index (χ1) is 18.8. The van der Waals surface area contributed by atoms with Crippen molar-refractivity contribution >= 4 is 8.32 Å². The fourth-order valence-corrected chi connectivity index (χ4v) is 10.2. The number of rotatable bonds is 8. The molecule has 222 valence electrons. The van der Waals surface area contributed by atoms with Gasteiger partial charge in [-0.05, 0) is 97.2 Å². The molecular weight excluding hydrogens is 508 g/mol. The molecule has 0 saturated heterocycles. The van der Waals surface area contributed by atoms with Crippen LogP contribution in [0.15, 0.2) is 53.6 Å². The van der Waals surface area contributed by atoms with Crippen LogP contribution in [0.3, 0.4) is 0 Å². The number of aliphatic hydroxyl groups excluding tert-OH is 1. The molecule has 0 heterocycles. The third kappa shape index (κ3) is 5.48. The molecule has 0 aromatic heterocycles. The summed E-state index contributed by atoms with van der Waals surface area (Å²) in [6.45, 7) is 20.2. The summed E-state index contributed by atoms with van der Waals surface area (Å²) in [6, 6.07) is 10.3. The van der Waals surface area contributed by atoms with Gasteiger partial charge in [-0.1, -0.05) is 95.2 Å². The summed E-state index contributed by atoms with van der Waals surface area (Å²) < 4.78 is 12.9. The largest absolute Gasteiger partial charge is 0.414 e. The van der Waals surface area contributed by atoms with E-state index in [9.17, 15) is 5.11 Å². The van der Waals surface area contributed by atoms with Crippen molar-refractivity contribution in [3.63, 3.8) is 0 Å². The Bertz CT molecular complexity index is 1100. The molecular formula is C36H56O3Si. The Hall–Kier alpha value is -1.20. The van der Waals surface area contributed by atoms with Crippen LogP contribution in [0.4, 0.5) is 0 Å². The van der Waals surface area contributed by atoms with Crippen molar-refractivity contribution in [1.29, 1.82) is 0 Å². The van der Waals surface area contributed by atoms with Crippen LogP contribution in [0.2, 0.25) is 18.1 Å². The molecule has 0 amide bonds. The fourth-order valence-electron chi connectivity index (χ4n) is 8.85. The summed E-state index contributed by atoms with van der Waals surface area (Å²) in [6.07, 6.45) is 13.7. The first-order valence-electron chi connectivity index (χ1n) is 16.1. The highest BCUT2D eigenvalue weighted by Gasteiger charge is 2.57. The molecule has 0 unspecified atom stereocenters. The average Bonchev–Trinajstić information content (AvgIpc) is 3.25. The van der Waals surface area contributed by atoms with E-state index < -0.39 is 14.4 Å². The number of fused-ring (bicyclic) bond motifs is 5. The number of aliphatic hydroxyl groups is 1. The molecule has 0 radical (unpaired) electrons. The summed E-state index contributed by atoms with van der Waals surface area (Å²) in [5.74, 6) is 2.35. The maximum atomic E-state index is 11.2. The van der Waals surface area contributed by atoms with Gasteiger partial charge in [0.2, 0.25) is 0 Å². The Morgan fingerprint density at radius 1 is 0.975 bits per heavy atom. The highest BCUT2D eigenvalue weighted by molar-refractivity contribution is 6.74. The van der Waals surface area contributed by atoms with Crippen molar-refractivity contribution in [3.8, 4) is 0 Å². The topological polar surface area (TPSA) is 38.7 Å². The zero-order chi connectivity index (χ0) is 28.9. The maximum absolute atomic E-state index is 11.2. The minimum atomic E-state index is -1.75. The molecule has 4 aliphatic carbocycles. The zero-order valence-corrected chi connectivity index (χ0v) is 27.6. The van der Waals surface area contributed by atoms with Gasteiger partial charge in [-0.25, -0.2) is 0 Å². The first-order valence-corrected chi connectivity index (χ1v) is 19.0. The molecule has 40 heavy (non-hydrogen) atoms. The normalized spacial score (nSPS) is 35.6. The van der Waals surface area contributed by atoms with Crippen molar-refractivity contribution in [2.45, 2.75) is 123 Å². The molecule has 8 atom stereocenters. The average molecular weight is 565 g/mol. The molecule has 0 aliphatic heterocycles. The Balaban J connectivity index is 1.23. The SMILES string of the molecule is C[C@@H](C1=CC[C@H]2[C@@H]3CC=C4C[C@@H](O[Si](C)(C)C(C)(C)C)CC[C@]4(C)[C@H]3CC[C@]12C)[C@H](O)COCc1ccccc1. The molecule has 0 bridgehead atoms. The van der Waals surface area contributed by atoms with Gasteiger partial charge in [0, 0.05) is 12.0 Å². The Kier molecular flexibility index (Phi) is 8.42. The minimum absolute atomic E-state index is 0.135. The van der Waals surface area contributed by atoms with E-state index in [1.54, 1.807) is 5.57 Å². The molecule has 2 fully saturated rings. The van der Waals surface area contributed by atoms with Gasteiger partial charge in [0.1, 0.15) is 0 Å². The minimum Gasteiger partial charge on any atom is -0.414 e. The van der Waals surface area contributed by atoms with Crippen LogP contribution in [0.1, 0.15) is 92.1 Å². The van der Waals surface area contributed by atoms with E-state index in [0.717, 1.165) is 23.8 Å².